The fourth-order valence-corrected chi connectivity index (χ4v) is 3.88. The maximum atomic E-state index is 12.4. The highest BCUT2D eigenvalue weighted by atomic mass is 32.1. The third-order valence-corrected chi connectivity index (χ3v) is 5.58. The first-order chi connectivity index (χ1) is 13.7. The van der Waals surface area contributed by atoms with E-state index in [1.165, 1.54) is 11.3 Å². The highest BCUT2D eigenvalue weighted by Crippen LogP contribution is 2.22. The Morgan fingerprint density at radius 3 is 2.61 bits per heavy atom. The normalized spacial score (nSPS) is 14.8. The molecule has 1 aliphatic heterocycles. The van der Waals surface area contributed by atoms with Crippen molar-refractivity contribution in [3.63, 3.8) is 0 Å². The van der Waals surface area contributed by atoms with Crippen molar-refractivity contribution in [1.29, 1.82) is 0 Å². The number of carbonyl (C=O) groups excluding carboxylic acids is 2. The summed E-state index contributed by atoms with van der Waals surface area (Å²) in [6, 6.07) is 13.1. The van der Waals surface area contributed by atoms with Gasteiger partial charge in [-0.1, -0.05) is 24.3 Å². The minimum atomic E-state index is -0.272. The summed E-state index contributed by atoms with van der Waals surface area (Å²) in [4.78, 5) is 27.4. The molecule has 0 radical (unpaired) electrons. The minimum absolute atomic E-state index is 0.00900. The lowest BCUT2D eigenvalue weighted by Gasteiger charge is -2.30. The maximum absolute atomic E-state index is 12.4. The lowest BCUT2D eigenvalue weighted by atomic mass is 9.97. The highest BCUT2D eigenvalue weighted by molar-refractivity contribution is 7.12. The predicted octanol–water partition coefficient (Wildman–Crippen LogP) is 2.32. The fourth-order valence-electron chi connectivity index (χ4n) is 3.19. The zero-order chi connectivity index (χ0) is 19.3. The molecule has 0 atom stereocenters. The van der Waals surface area contributed by atoms with Crippen molar-refractivity contribution in [3.8, 4) is 5.69 Å². The zero-order valence-electron chi connectivity index (χ0n) is 15.1. The van der Waals surface area contributed by atoms with E-state index in [0.29, 0.717) is 31.8 Å². The molecule has 0 unspecified atom stereocenters. The number of amides is 1. The third kappa shape index (κ3) is 3.94. The number of thiophene rings is 1. The summed E-state index contributed by atoms with van der Waals surface area (Å²) in [5.74, 6) is 0.00740. The van der Waals surface area contributed by atoms with Crippen LogP contribution in [0.1, 0.15) is 28.3 Å². The number of nitrogens with zero attached hydrogens (tertiary/aromatic N) is 5. The number of benzene rings is 1. The number of aromatic nitrogens is 4. The number of hydrogen-bond acceptors (Lipinski definition) is 7. The van der Waals surface area contributed by atoms with E-state index in [1.54, 1.807) is 9.58 Å². The van der Waals surface area contributed by atoms with Crippen LogP contribution in [0.25, 0.3) is 5.69 Å². The van der Waals surface area contributed by atoms with E-state index in [2.05, 4.69) is 15.5 Å². The summed E-state index contributed by atoms with van der Waals surface area (Å²) >= 11 is 1.43. The summed E-state index contributed by atoms with van der Waals surface area (Å²) < 4.78 is 7.00. The Morgan fingerprint density at radius 1 is 1.11 bits per heavy atom. The molecule has 1 aromatic carbocycles. The average Bonchev–Trinajstić information content (AvgIpc) is 3.44. The van der Waals surface area contributed by atoms with Crippen LogP contribution >= 0.6 is 11.3 Å². The fraction of sp³-hybridized carbons (Fsp3) is 0.316. The Bertz CT molecular complexity index is 934. The van der Waals surface area contributed by atoms with Gasteiger partial charge in [0, 0.05) is 13.1 Å². The third-order valence-electron chi connectivity index (χ3n) is 4.73. The molecule has 0 bridgehead atoms. The first-order valence-corrected chi connectivity index (χ1v) is 9.92. The highest BCUT2D eigenvalue weighted by Gasteiger charge is 2.29. The molecule has 0 saturated carbocycles. The molecule has 1 aliphatic rings. The Morgan fingerprint density at radius 2 is 1.89 bits per heavy atom. The van der Waals surface area contributed by atoms with Gasteiger partial charge in [-0.05, 0) is 46.8 Å². The Balaban J connectivity index is 1.30. The van der Waals surface area contributed by atoms with Gasteiger partial charge in [0.1, 0.15) is 0 Å². The van der Waals surface area contributed by atoms with Gasteiger partial charge in [-0.3, -0.25) is 9.59 Å². The van der Waals surface area contributed by atoms with Crippen LogP contribution < -0.4 is 0 Å². The quantitative estimate of drug-likeness (QED) is 0.614. The van der Waals surface area contributed by atoms with E-state index in [1.807, 2.05) is 47.8 Å². The topological polar surface area (TPSA) is 90.2 Å². The molecule has 1 fully saturated rings. The molecule has 1 saturated heterocycles. The second-order valence-corrected chi connectivity index (χ2v) is 7.44. The molecule has 9 heteroatoms. The van der Waals surface area contributed by atoms with Crippen LogP contribution in [0.5, 0.6) is 0 Å². The monoisotopic (exact) mass is 397 g/mol. The number of ether oxygens (including phenoxy) is 1. The second-order valence-electron chi connectivity index (χ2n) is 6.49. The Kier molecular flexibility index (Phi) is 5.43. The van der Waals surface area contributed by atoms with Crippen molar-refractivity contribution < 1.29 is 14.3 Å². The Hall–Kier alpha value is -3.07. The summed E-state index contributed by atoms with van der Waals surface area (Å²) in [5, 5.41) is 13.5. The van der Waals surface area contributed by atoms with Crippen LogP contribution in [0, 0.1) is 5.92 Å². The molecule has 3 heterocycles. The molecule has 4 rings (SSSR count). The lowest BCUT2D eigenvalue weighted by Crippen LogP contribution is -2.40. The van der Waals surface area contributed by atoms with E-state index in [0.717, 1.165) is 10.6 Å². The van der Waals surface area contributed by atoms with Crippen molar-refractivity contribution in [3.05, 3.63) is 58.5 Å². The standard InChI is InChI=1S/C19H19N5O3S/c25-18(16-7-4-12-28-16)23-10-8-14(9-11-23)19(26)27-13-17-20-21-22-24(17)15-5-2-1-3-6-15/h1-7,12,14H,8-11,13H2. The minimum Gasteiger partial charge on any atom is -0.457 e. The molecule has 8 nitrogen and oxygen atoms in total. The lowest BCUT2D eigenvalue weighted by molar-refractivity contribution is -0.151. The number of carbonyl (C=O) groups is 2. The molecule has 144 valence electrons. The van der Waals surface area contributed by atoms with Crippen molar-refractivity contribution in [2.75, 3.05) is 13.1 Å². The summed E-state index contributed by atoms with van der Waals surface area (Å²) in [7, 11) is 0. The first kappa shape index (κ1) is 18.3. The van der Waals surface area contributed by atoms with Gasteiger partial charge < -0.3 is 9.64 Å². The number of piperidine rings is 1. The molecule has 28 heavy (non-hydrogen) atoms. The van der Waals surface area contributed by atoms with Gasteiger partial charge in [-0.25, -0.2) is 0 Å². The van der Waals surface area contributed by atoms with Crippen LogP contribution in [0.3, 0.4) is 0 Å². The SMILES string of the molecule is O=C(OCc1nnnn1-c1ccccc1)C1CCN(C(=O)c2cccs2)CC1. The van der Waals surface area contributed by atoms with Crippen molar-refractivity contribution >= 4 is 23.2 Å². The van der Waals surface area contributed by atoms with E-state index in [9.17, 15) is 9.59 Å². The number of hydrogen-bond donors (Lipinski definition) is 0. The molecule has 2 aromatic heterocycles. The van der Waals surface area contributed by atoms with E-state index >= 15 is 0 Å². The number of para-hydroxylation sites is 1. The van der Waals surface area contributed by atoms with Crippen molar-refractivity contribution in [2.45, 2.75) is 19.4 Å². The molecule has 0 N–H and O–H groups in total. The zero-order valence-corrected chi connectivity index (χ0v) is 15.9. The van der Waals surface area contributed by atoms with Crippen LogP contribution in [0.15, 0.2) is 47.8 Å². The van der Waals surface area contributed by atoms with Crippen LogP contribution in [0.4, 0.5) is 0 Å². The first-order valence-electron chi connectivity index (χ1n) is 9.04. The number of likely N-dealkylation sites (tertiary alicyclic amines) is 1. The Labute approximate surface area is 165 Å². The van der Waals surface area contributed by atoms with Gasteiger partial charge >= 0.3 is 5.97 Å². The maximum Gasteiger partial charge on any atom is 0.309 e. The van der Waals surface area contributed by atoms with Gasteiger partial charge in [0.25, 0.3) is 5.91 Å². The molecule has 0 aliphatic carbocycles. The molecular weight excluding hydrogens is 378 g/mol. The van der Waals surface area contributed by atoms with Gasteiger partial charge in [0.2, 0.25) is 0 Å². The average molecular weight is 397 g/mol. The molecule has 1 amide bonds. The van der Waals surface area contributed by atoms with Gasteiger partial charge in [-0.15, -0.1) is 16.4 Å². The van der Waals surface area contributed by atoms with Crippen molar-refractivity contribution in [2.24, 2.45) is 5.92 Å². The molecular formula is C19H19N5O3S. The van der Waals surface area contributed by atoms with E-state index in [-0.39, 0.29) is 24.4 Å². The smallest absolute Gasteiger partial charge is 0.309 e. The van der Waals surface area contributed by atoms with Gasteiger partial charge in [0.15, 0.2) is 12.4 Å². The molecule has 0 spiro atoms. The largest absolute Gasteiger partial charge is 0.457 e. The van der Waals surface area contributed by atoms with Crippen LogP contribution in [-0.2, 0) is 16.1 Å². The molecule has 3 aromatic rings. The van der Waals surface area contributed by atoms with Gasteiger partial charge in [-0.2, -0.15) is 4.68 Å². The number of esters is 1. The van der Waals surface area contributed by atoms with Crippen LogP contribution in [-0.4, -0.2) is 50.1 Å². The van der Waals surface area contributed by atoms with E-state index < -0.39 is 0 Å². The van der Waals surface area contributed by atoms with Crippen LogP contribution in [0.2, 0.25) is 0 Å². The summed E-state index contributed by atoms with van der Waals surface area (Å²) in [6.45, 7) is 1.12. The second kappa shape index (κ2) is 8.30. The van der Waals surface area contributed by atoms with Gasteiger partial charge in [0.05, 0.1) is 16.5 Å². The van der Waals surface area contributed by atoms with E-state index in [4.69, 9.17) is 4.74 Å². The number of rotatable bonds is 5. The summed E-state index contributed by atoms with van der Waals surface area (Å²) in [5.41, 5.74) is 0.805. The summed E-state index contributed by atoms with van der Waals surface area (Å²) in [6.07, 6.45) is 1.19. The predicted molar refractivity (Wildman–Crippen MR) is 102 cm³/mol. The van der Waals surface area contributed by atoms with Crippen molar-refractivity contribution in [1.82, 2.24) is 25.1 Å². The number of tetrazole rings is 1.